The van der Waals surface area contributed by atoms with Crippen LogP contribution in [0.4, 0.5) is 13.2 Å². The molecule has 3 nitrogen and oxygen atoms in total. The third-order valence-electron chi connectivity index (χ3n) is 4.61. The highest BCUT2D eigenvalue weighted by Crippen LogP contribution is 2.32. The lowest BCUT2D eigenvalue weighted by Crippen LogP contribution is -2.25. The van der Waals surface area contributed by atoms with Crippen LogP contribution in [0.15, 0.2) is 53.4 Å². The van der Waals surface area contributed by atoms with Gasteiger partial charge in [-0.1, -0.05) is 51.1 Å². The first kappa shape index (κ1) is 20.5. The quantitative estimate of drug-likeness (QED) is 0.771. The minimum absolute atomic E-state index is 0.0256. The molecule has 0 aliphatic carbocycles. The van der Waals surface area contributed by atoms with E-state index in [1.54, 1.807) is 12.1 Å². The molecule has 0 radical (unpaired) electrons. The molecule has 26 heavy (non-hydrogen) atoms. The van der Waals surface area contributed by atoms with Gasteiger partial charge in [0, 0.05) is 6.54 Å². The van der Waals surface area contributed by atoms with E-state index in [-0.39, 0.29) is 15.9 Å². The van der Waals surface area contributed by atoms with E-state index in [1.807, 2.05) is 6.92 Å². The van der Waals surface area contributed by atoms with E-state index in [0.717, 1.165) is 18.1 Å². The number of alkyl halides is 3. The second-order valence-electron chi connectivity index (χ2n) is 6.74. The molecule has 0 aromatic heterocycles. The van der Waals surface area contributed by atoms with E-state index in [0.29, 0.717) is 0 Å². The van der Waals surface area contributed by atoms with Gasteiger partial charge in [0.25, 0.3) is 0 Å². The van der Waals surface area contributed by atoms with Crippen LogP contribution in [0.1, 0.15) is 43.9 Å². The largest absolute Gasteiger partial charge is 0.416 e. The van der Waals surface area contributed by atoms with E-state index in [9.17, 15) is 21.6 Å². The van der Waals surface area contributed by atoms with E-state index in [1.165, 1.54) is 30.3 Å². The Morgan fingerprint density at radius 2 is 1.54 bits per heavy atom. The van der Waals surface area contributed by atoms with Crippen LogP contribution in [-0.4, -0.2) is 8.42 Å². The highest BCUT2D eigenvalue weighted by molar-refractivity contribution is 7.89. The molecule has 0 spiro atoms. The minimum atomic E-state index is -4.53. The third-order valence-corrected chi connectivity index (χ3v) is 6.02. The van der Waals surface area contributed by atoms with E-state index >= 15 is 0 Å². The number of nitrogens with one attached hydrogen (secondary N) is 1. The van der Waals surface area contributed by atoms with Crippen molar-refractivity contribution in [3.05, 3.63) is 65.2 Å². The normalized spacial score (nSPS) is 13.0. The molecule has 0 saturated carbocycles. The zero-order chi connectivity index (χ0) is 19.6. The highest BCUT2D eigenvalue weighted by atomic mass is 32.2. The molecule has 0 saturated heterocycles. The maximum Gasteiger partial charge on any atom is 0.416 e. The Labute approximate surface area is 152 Å². The van der Waals surface area contributed by atoms with Crippen molar-refractivity contribution in [2.75, 3.05) is 0 Å². The predicted octanol–water partition coefficient (Wildman–Crippen LogP) is 4.87. The summed E-state index contributed by atoms with van der Waals surface area (Å²) in [5.41, 5.74) is -0.0436. The molecule has 2 aromatic carbocycles. The fourth-order valence-electron chi connectivity index (χ4n) is 2.50. The second kappa shape index (κ2) is 7.40. The minimum Gasteiger partial charge on any atom is -0.207 e. The average Bonchev–Trinajstić information content (AvgIpc) is 2.59. The Morgan fingerprint density at radius 1 is 0.962 bits per heavy atom. The Hall–Kier alpha value is -1.86. The number of benzene rings is 2. The topological polar surface area (TPSA) is 46.2 Å². The molecule has 0 heterocycles. The zero-order valence-corrected chi connectivity index (χ0v) is 15.7. The smallest absolute Gasteiger partial charge is 0.207 e. The molecule has 0 amide bonds. The summed E-state index contributed by atoms with van der Waals surface area (Å²) in [5, 5.41) is 0. The molecule has 2 rings (SSSR count). The van der Waals surface area contributed by atoms with Gasteiger partial charge >= 0.3 is 6.18 Å². The van der Waals surface area contributed by atoms with E-state index in [4.69, 9.17) is 0 Å². The first-order valence-corrected chi connectivity index (χ1v) is 9.71. The molecule has 0 aliphatic rings. The Bertz CT molecular complexity index is 857. The number of halogens is 3. The molecule has 2 aromatic rings. The number of hydrogen-bond acceptors (Lipinski definition) is 2. The fourth-order valence-corrected chi connectivity index (χ4v) is 3.50. The van der Waals surface area contributed by atoms with Crippen LogP contribution < -0.4 is 4.72 Å². The summed E-state index contributed by atoms with van der Waals surface area (Å²) in [6, 6.07) is 11.3. The standard InChI is InChI=1S/C19H22F3NO2S/c1-4-18(2,3)15-9-11-16(12-10-15)26(24,25)23-13-14-7-5-6-8-17(14)19(20,21)22/h5-12,23H,4,13H2,1-3H3. The highest BCUT2D eigenvalue weighted by Gasteiger charge is 2.33. The predicted molar refractivity (Wildman–Crippen MR) is 95.2 cm³/mol. The molecule has 0 unspecified atom stereocenters. The third kappa shape index (κ3) is 4.65. The molecule has 0 bridgehead atoms. The van der Waals surface area contributed by atoms with Crippen LogP contribution in [-0.2, 0) is 28.2 Å². The SMILES string of the molecule is CCC(C)(C)c1ccc(S(=O)(=O)NCc2ccccc2C(F)(F)F)cc1. The van der Waals surface area contributed by atoms with Crippen molar-refractivity contribution in [3.63, 3.8) is 0 Å². The lowest BCUT2D eigenvalue weighted by atomic mass is 9.82. The van der Waals surface area contributed by atoms with Gasteiger partial charge in [-0.15, -0.1) is 0 Å². The van der Waals surface area contributed by atoms with Crippen LogP contribution >= 0.6 is 0 Å². The van der Waals surface area contributed by atoms with Gasteiger partial charge < -0.3 is 0 Å². The summed E-state index contributed by atoms with van der Waals surface area (Å²) in [4.78, 5) is 0.0256. The summed E-state index contributed by atoms with van der Waals surface area (Å²) in [5.74, 6) is 0. The van der Waals surface area contributed by atoms with Crippen molar-refractivity contribution in [3.8, 4) is 0 Å². The molecule has 0 fully saturated rings. The Kier molecular flexibility index (Phi) is 5.82. The fraction of sp³-hybridized carbons (Fsp3) is 0.368. The van der Waals surface area contributed by atoms with Gasteiger partial charge in [0.2, 0.25) is 10.0 Å². The Balaban J connectivity index is 2.20. The summed E-state index contributed by atoms with van der Waals surface area (Å²) in [6.07, 6.45) is -3.64. The van der Waals surface area contributed by atoms with E-state index in [2.05, 4.69) is 18.6 Å². The zero-order valence-electron chi connectivity index (χ0n) is 14.9. The van der Waals surface area contributed by atoms with Crippen LogP contribution in [0.5, 0.6) is 0 Å². The van der Waals surface area contributed by atoms with Crippen molar-refractivity contribution in [1.82, 2.24) is 4.72 Å². The van der Waals surface area contributed by atoms with Crippen LogP contribution in [0.25, 0.3) is 0 Å². The molecule has 7 heteroatoms. The molecule has 0 aliphatic heterocycles. The first-order chi connectivity index (χ1) is 12.0. The van der Waals surface area contributed by atoms with Crippen molar-refractivity contribution >= 4 is 10.0 Å². The number of hydrogen-bond donors (Lipinski definition) is 1. The second-order valence-corrected chi connectivity index (χ2v) is 8.51. The summed E-state index contributed by atoms with van der Waals surface area (Å²) in [6.45, 7) is 5.73. The maximum absolute atomic E-state index is 13.0. The van der Waals surface area contributed by atoms with Gasteiger partial charge in [0.15, 0.2) is 0 Å². The van der Waals surface area contributed by atoms with Crippen LogP contribution in [0, 0.1) is 0 Å². The monoisotopic (exact) mass is 385 g/mol. The molecular formula is C19H22F3NO2S. The molecular weight excluding hydrogens is 363 g/mol. The number of rotatable bonds is 6. The van der Waals surface area contributed by atoms with Gasteiger partial charge in [-0.05, 0) is 41.2 Å². The molecule has 0 atom stereocenters. The Morgan fingerprint density at radius 3 is 2.08 bits per heavy atom. The molecule has 142 valence electrons. The summed E-state index contributed by atoms with van der Waals surface area (Å²) >= 11 is 0. The lowest BCUT2D eigenvalue weighted by molar-refractivity contribution is -0.138. The average molecular weight is 385 g/mol. The van der Waals surface area contributed by atoms with Gasteiger partial charge in [-0.25, -0.2) is 13.1 Å². The van der Waals surface area contributed by atoms with Gasteiger partial charge in [-0.2, -0.15) is 13.2 Å². The van der Waals surface area contributed by atoms with Crippen molar-refractivity contribution in [1.29, 1.82) is 0 Å². The van der Waals surface area contributed by atoms with Crippen LogP contribution in [0.3, 0.4) is 0 Å². The van der Waals surface area contributed by atoms with Crippen LogP contribution in [0.2, 0.25) is 0 Å². The van der Waals surface area contributed by atoms with Gasteiger partial charge in [-0.3, -0.25) is 0 Å². The lowest BCUT2D eigenvalue weighted by Gasteiger charge is -2.23. The van der Waals surface area contributed by atoms with Crippen molar-refractivity contribution < 1.29 is 21.6 Å². The molecule has 1 N–H and O–H groups in total. The van der Waals surface area contributed by atoms with Crippen molar-refractivity contribution in [2.45, 2.75) is 50.2 Å². The summed E-state index contributed by atoms with van der Waals surface area (Å²) < 4.78 is 66.1. The maximum atomic E-state index is 13.0. The summed E-state index contributed by atoms with van der Waals surface area (Å²) in [7, 11) is -3.91. The number of sulfonamides is 1. The van der Waals surface area contributed by atoms with Crippen molar-refractivity contribution in [2.24, 2.45) is 0 Å². The van der Waals surface area contributed by atoms with Gasteiger partial charge in [0.05, 0.1) is 10.5 Å². The first-order valence-electron chi connectivity index (χ1n) is 8.23. The van der Waals surface area contributed by atoms with Gasteiger partial charge in [0.1, 0.15) is 0 Å². The van der Waals surface area contributed by atoms with E-state index < -0.39 is 28.3 Å².